The number of aryl methyl sites for hydroxylation is 1. The predicted molar refractivity (Wildman–Crippen MR) is 84.6 cm³/mol. The molecule has 0 bridgehead atoms. The van der Waals surface area contributed by atoms with E-state index < -0.39 is 0 Å². The van der Waals surface area contributed by atoms with E-state index in [0.717, 1.165) is 31.7 Å². The van der Waals surface area contributed by atoms with Crippen LogP contribution in [0.15, 0.2) is 29.6 Å². The Morgan fingerprint density at radius 1 is 1.35 bits per heavy atom. The third-order valence-electron chi connectivity index (χ3n) is 4.00. The van der Waals surface area contributed by atoms with Crippen molar-refractivity contribution in [2.75, 3.05) is 6.61 Å². The molecule has 3 heteroatoms. The van der Waals surface area contributed by atoms with Gasteiger partial charge in [-0.25, -0.2) is 0 Å². The van der Waals surface area contributed by atoms with E-state index in [1.807, 2.05) is 11.3 Å². The standard InChI is InChI=1S/C17H21NOS/c1-3-15(18-11-17-12(2)7-9-20-17)13-4-5-16-14(10-13)6-8-19-16/h4-5,7,9-10,15,18H,3,6,8,11H2,1-2H3. The molecule has 0 saturated heterocycles. The van der Waals surface area contributed by atoms with Gasteiger partial charge >= 0.3 is 0 Å². The smallest absolute Gasteiger partial charge is 0.122 e. The molecule has 0 amide bonds. The zero-order valence-electron chi connectivity index (χ0n) is 12.1. The van der Waals surface area contributed by atoms with Crippen LogP contribution >= 0.6 is 11.3 Å². The molecule has 1 N–H and O–H groups in total. The summed E-state index contributed by atoms with van der Waals surface area (Å²) in [6.45, 7) is 6.21. The summed E-state index contributed by atoms with van der Waals surface area (Å²) in [5.41, 5.74) is 4.13. The summed E-state index contributed by atoms with van der Waals surface area (Å²) in [4.78, 5) is 1.44. The molecule has 1 aromatic heterocycles. The van der Waals surface area contributed by atoms with E-state index in [9.17, 15) is 0 Å². The Kier molecular flexibility index (Phi) is 4.08. The first kappa shape index (κ1) is 13.7. The van der Waals surface area contributed by atoms with Crippen LogP contribution in [0, 0.1) is 6.92 Å². The fraction of sp³-hybridized carbons (Fsp3) is 0.412. The number of hydrogen-bond donors (Lipinski definition) is 1. The second kappa shape index (κ2) is 5.98. The van der Waals surface area contributed by atoms with Gasteiger partial charge in [0.2, 0.25) is 0 Å². The van der Waals surface area contributed by atoms with Crippen molar-refractivity contribution in [3.63, 3.8) is 0 Å². The lowest BCUT2D eigenvalue weighted by atomic mass is 10.0. The fourth-order valence-corrected chi connectivity index (χ4v) is 3.58. The van der Waals surface area contributed by atoms with Gasteiger partial charge in [-0.2, -0.15) is 0 Å². The molecule has 1 aliphatic heterocycles. The van der Waals surface area contributed by atoms with Gasteiger partial charge in [0, 0.05) is 23.9 Å². The number of thiophene rings is 1. The second-order valence-corrected chi connectivity index (χ2v) is 6.33. The lowest BCUT2D eigenvalue weighted by Gasteiger charge is -2.18. The van der Waals surface area contributed by atoms with Crippen LogP contribution in [-0.2, 0) is 13.0 Å². The summed E-state index contributed by atoms with van der Waals surface area (Å²) < 4.78 is 5.58. The summed E-state index contributed by atoms with van der Waals surface area (Å²) in [7, 11) is 0. The highest BCUT2D eigenvalue weighted by Crippen LogP contribution is 2.29. The molecule has 1 aromatic carbocycles. The normalized spacial score (nSPS) is 14.9. The maximum Gasteiger partial charge on any atom is 0.122 e. The maximum atomic E-state index is 5.58. The minimum absolute atomic E-state index is 0.419. The number of nitrogens with one attached hydrogen (secondary N) is 1. The van der Waals surface area contributed by atoms with Gasteiger partial charge in [0.15, 0.2) is 0 Å². The molecule has 1 aliphatic rings. The molecule has 0 aliphatic carbocycles. The number of benzene rings is 1. The second-order valence-electron chi connectivity index (χ2n) is 5.33. The van der Waals surface area contributed by atoms with Gasteiger partial charge in [0.25, 0.3) is 0 Å². The van der Waals surface area contributed by atoms with E-state index in [0.29, 0.717) is 6.04 Å². The van der Waals surface area contributed by atoms with Crippen LogP contribution in [0.1, 0.15) is 41.0 Å². The minimum Gasteiger partial charge on any atom is -0.493 e. The molecule has 0 fully saturated rings. The highest BCUT2D eigenvalue weighted by molar-refractivity contribution is 7.10. The molecule has 2 aromatic rings. The number of hydrogen-bond acceptors (Lipinski definition) is 3. The van der Waals surface area contributed by atoms with E-state index in [1.165, 1.54) is 21.6 Å². The van der Waals surface area contributed by atoms with Gasteiger partial charge in [-0.05, 0) is 47.5 Å². The fourth-order valence-electron chi connectivity index (χ4n) is 2.72. The first-order valence-corrected chi connectivity index (χ1v) is 8.18. The topological polar surface area (TPSA) is 21.3 Å². The first-order valence-electron chi connectivity index (χ1n) is 7.30. The van der Waals surface area contributed by atoms with E-state index >= 15 is 0 Å². The molecular weight excluding hydrogens is 266 g/mol. The van der Waals surface area contributed by atoms with Crippen molar-refractivity contribution in [2.24, 2.45) is 0 Å². The molecular formula is C17H21NOS. The lowest BCUT2D eigenvalue weighted by Crippen LogP contribution is -2.20. The van der Waals surface area contributed by atoms with Crippen molar-refractivity contribution in [2.45, 2.75) is 39.3 Å². The Morgan fingerprint density at radius 3 is 3.00 bits per heavy atom. The Labute approximate surface area is 124 Å². The molecule has 2 nitrogen and oxygen atoms in total. The number of rotatable bonds is 5. The van der Waals surface area contributed by atoms with Crippen LogP contribution in [0.2, 0.25) is 0 Å². The predicted octanol–water partition coefficient (Wildman–Crippen LogP) is 4.23. The summed E-state index contributed by atoms with van der Waals surface area (Å²) >= 11 is 1.83. The van der Waals surface area contributed by atoms with Crippen molar-refractivity contribution in [1.29, 1.82) is 0 Å². The molecule has 0 saturated carbocycles. The summed E-state index contributed by atoms with van der Waals surface area (Å²) in [5, 5.41) is 5.86. The van der Waals surface area contributed by atoms with Gasteiger partial charge < -0.3 is 10.1 Å². The highest BCUT2D eigenvalue weighted by atomic mass is 32.1. The highest BCUT2D eigenvalue weighted by Gasteiger charge is 2.16. The average molecular weight is 287 g/mol. The zero-order valence-corrected chi connectivity index (χ0v) is 12.9. The van der Waals surface area contributed by atoms with Gasteiger partial charge in [-0.15, -0.1) is 11.3 Å². The third-order valence-corrected chi connectivity index (χ3v) is 5.02. The average Bonchev–Trinajstić information content (AvgIpc) is 3.08. The summed E-state index contributed by atoms with van der Waals surface area (Å²) in [5.74, 6) is 1.07. The van der Waals surface area contributed by atoms with Gasteiger partial charge in [-0.1, -0.05) is 19.1 Å². The van der Waals surface area contributed by atoms with Crippen molar-refractivity contribution in [3.8, 4) is 5.75 Å². The van der Waals surface area contributed by atoms with Gasteiger partial charge in [-0.3, -0.25) is 0 Å². The number of ether oxygens (including phenoxy) is 1. The molecule has 2 heterocycles. The van der Waals surface area contributed by atoms with Crippen molar-refractivity contribution < 1.29 is 4.74 Å². The quantitative estimate of drug-likeness (QED) is 0.888. The van der Waals surface area contributed by atoms with Gasteiger partial charge in [0.1, 0.15) is 5.75 Å². The van der Waals surface area contributed by atoms with E-state index in [4.69, 9.17) is 4.74 Å². The van der Waals surface area contributed by atoms with Crippen molar-refractivity contribution >= 4 is 11.3 Å². The largest absolute Gasteiger partial charge is 0.493 e. The van der Waals surface area contributed by atoms with Crippen molar-refractivity contribution in [1.82, 2.24) is 5.32 Å². The molecule has 1 atom stereocenters. The van der Waals surface area contributed by atoms with Crippen LogP contribution in [-0.4, -0.2) is 6.61 Å². The Bertz CT molecular complexity index is 590. The van der Waals surface area contributed by atoms with E-state index in [2.05, 4.69) is 48.8 Å². The zero-order chi connectivity index (χ0) is 13.9. The molecule has 0 radical (unpaired) electrons. The Hall–Kier alpha value is -1.32. The Morgan fingerprint density at radius 2 is 2.25 bits per heavy atom. The van der Waals surface area contributed by atoms with Crippen LogP contribution in [0.5, 0.6) is 5.75 Å². The van der Waals surface area contributed by atoms with Gasteiger partial charge in [0.05, 0.1) is 6.61 Å². The maximum absolute atomic E-state index is 5.58. The molecule has 1 unspecified atom stereocenters. The van der Waals surface area contributed by atoms with Crippen LogP contribution in [0.3, 0.4) is 0 Å². The van der Waals surface area contributed by atoms with E-state index in [1.54, 1.807) is 0 Å². The van der Waals surface area contributed by atoms with Crippen LogP contribution < -0.4 is 10.1 Å². The first-order chi connectivity index (χ1) is 9.78. The third kappa shape index (κ3) is 2.74. The van der Waals surface area contributed by atoms with Crippen molar-refractivity contribution in [3.05, 3.63) is 51.2 Å². The minimum atomic E-state index is 0.419. The number of fused-ring (bicyclic) bond motifs is 1. The molecule has 0 spiro atoms. The monoisotopic (exact) mass is 287 g/mol. The molecule has 3 rings (SSSR count). The van der Waals surface area contributed by atoms with E-state index in [-0.39, 0.29) is 0 Å². The lowest BCUT2D eigenvalue weighted by molar-refractivity contribution is 0.356. The van der Waals surface area contributed by atoms with Crippen LogP contribution in [0.25, 0.3) is 0 Å². The summed E-state index contributed by atoms with van der Waals surface area (Å²) in [6.07, 6.45) is 2.15. The molecule has 106 valence electrons. The van der Waals surface area contributed by atoms with Crippen LogP contribution in [0.4, 0.5) is 0 Å². The summed E-state index contributed by atoms with van der Waals surface area (Å²) in [6, 6.07) is 9.24. The SMILES string of the molecule is CCC(NCc1sccc1C)c1ccc2c(c1)CCO2. The Balaban J connectivity index is 1.71. The molecule has 20 heavy (non-hydrogen) atoms.